The summed E-state index contributed by atoms with van der Waals surface area (Å²) in [5, 5.41) is 7.82. The van der Waals surface area contributed by atoms with Crippen molar-refractivity contribution in [2.75, 3.05) is 20.1 Å². The monoisotopic (exact) mass is 427 g/mol. The minimum absolute atomic E-state index is 0.0312. The number of piperidine rings is 1. The van der Waals surface area contributed by atoms with Gasteiger partial charge in [0.15, 0.2) is 6.29 Å². The van der Waals surface area contributed by atoms with Crippen LogP contribution in [0.1, 0.15) is 28.8 Å². The Balaban J connectivity index is 0.000000254. The number of fused-ring (bicyclic) bond motifs is 1. The van der Waals surface area contributed by atoms with Crippen LogP contribution in [0, 0.1) is 5.41 Å². The summed E-state index contributed by atoms with van der Waals surface area (Å²) in [5.41, 5.74) is 8.40. The maximum Gasteiger partial charge on any atom is 0.250 e. The van der Waals surface area contributed by atoms with Crippen molar-refractivity contribution in [1.29, 1.82) is 5.41 Å². The highest BCUT2D eigenvalue weighted by Crippen LogP contribution is 2.26. The summed E-state index contributed by atoms with van der Waals surface area (Å²) in [6, 6.07) is 5.45. The highest BCUT2D eigenvalue weighted by atomic mass is 19.3. The van der Waals surface area contributed by atoms with Crippen LogP contribution in [-0.2, 0) is 0 Å². The van der Waals surface area contributed by atoms with E-state index in [9.17, 15) is 13.6 Å². The number of hydrogen-bond donors (Lipinski definition) is 2. The van der Waals surface area contributed by atoms with Gasteiger partial charge in [0.1, 0.15) is 17.8 Å². The third-order valence-electron chi connectivity index (χ3n) is 4.90. The van der Waals surface area contributed by atoms with Crippen molar-refractivity contribution >= 4 is 29.5 Å². The molecular weight excluding hydrogens is 404 g/mol. The number of aldehydes is 1. The predicted molar refractivity (Wildman–Crippen MR) is 115 cm³/mol. The lowest BCUT2D eigenvalue weighted by molar-refractivity contribution is -0.0504. The van der Waals surface area contributed by atoms with E-state index < -0.39 is 5.92 Å². The number of aromatic nitrogens is 3. The van der Waals surface area contributed by atoms with Crippen LogP contribution in [0.15, 0.2) is 48.0 Å². The molecule has 1 fully saturated rings. The Labute approximate surface area is 177 Å². The summed E-state index contributed by atoms with van der Waals surface area (Å²) in [5.74, 6) is -2.16. The molecule has 0 radical (unpaired) electrons. The third kappa shape index (κ3) is 5.54. The minimum atomic E-state index is -2.38. The van der Waals surface area contributed by atoms with Gasteiger partial charge in [0.05, 0.1) is 11.9 Å². The zero-order chi connectivity index (χ0) is 22.4. The van der Waals surface area contributed by atoms with Crippen LogP contribution in [0.2, 0.25) is 0 Å². The summed E-state index contributed by atoms with van der Waals surface area (Å²) in [6.07, 6.45) is 8.33. The maximum atomic E-state index is 12.4. The topological polar surface area (TPSA) is 113 Å². The molecule has 4 rings (SSSR count). The molecule has 0 amide bonds. The third-order valence-corrected chi connectivity index (χ3v) is 4.90. The molecule has 1 saturated heterocycles. The number of hydrogen-bond acceptors (Lipinski definition) is 5. The molecular formula is C21H23F2N7O. The molecule has 3 aromatic rings. The number of halogens is 2. The first-order valence-corrected chi connectivity index (χ1v) is 9.59. The zero-order valence-electron chi connectivity index (χ0n) is 17.0. The molecule has 8 nitrogen and oxygen atoms in total. The predicted octanol–water partition coefficient (Wildman–Crippen LogP) is 2.89. The highest BCUT2D eigenvalue weighted by molar-refractivity contribution is 6.01. The normalized spacial score (nSPS) is 16.4. The van der Waals surface area contributed by atoms with Gasteiger partial charge in [0.2, 0.25) is 0 Å². The van der Waals surface area contributed by atoms with Gasteiger partial charge in [-0.25, -0.2) is 18.8 Å². The van der Waals surface area contributed by atoms with E-state index in [0.717, 1.165) is 23.7 Å². The van der Waals surface area contributed by atoms with Gasteiger partial charge < -0.3 is 10.6 Å². The number of nitrogens with two attached hydrogens (primary N) is 1. The van der Waals surface area contributed by atoms with Crippen molar-refractivity contribution in [3.8, 4) is 5.69 Å². The van der Waals surface area contributed by atoms with Crippen molar-refractivity contribution in [3.05, 3.63) is 54.1 Å². The number of aliphatic imine (C=N–C) groups is 1. The van der Waals surface area contributed by atoms with Crippen molar-refractivity contribution in [2.45, 2.75) is 18.8 Å². The number of rotatable bonds is 4. The van der Waals surface area contributed by atoms with Crippen LogP contribution >= 0.6 is 0 Å². The summed E-state index contributed by atoms with van der Waals surface area (Å²) < 4.78 is 26.5. The number of nitrogens with zero attached hydrogens (tertiary/aromatic N) is 5. The van der Waals surface area contributed by atoms with Crippen molar-refractivity contribution in [1.82, 2.24) is 19.4 Å². The average molecular weight is 427 g/mol. The lowest BCUT2D eigenvalue weighted by Gasteiger charge is -2.28. The van der Waals surface area contributed by atoms with Gasteiger partial charge in [-0.15, -0.1) is 0 Å². The molecule has 4 heterocycles. The van der Waals surface area contributed by atoms with Crippen LogP contribution in [-0.4, -0.2) is 64.0 Å². The fraction of sp³-hybridized carbons (Fsp3) is 0.286. The minimum Gasteiger partial charge on any atom is -0.383 e. The molecule has 3 aromatic heterocycles. The van der Waals surface area contributed by atoms with Crippen molar-refractivity contribution < 1.29 is 13.6 Å². The van der Waals surface area contributed by atoms with Gasteiger partial charge in [0, 0.05) is 61.0 Å². The van der Waals surface area contributed by atoms with E-state index in [0.29, 0.717) is 29.9 Å². The van der Waals surface area contributed by atoms with E-state index in [2.05, 4.69) is 15.0 Å². The van der Waals surface area contributed by atoms with Gasteiger partial charge in [0.25, 0.3) is 5.92 Å². The molecule has 0 spiro atoms. The van der Waals surface area contributed by atoms with Crippen molar-refractivity contribution in [2.24, 2.45) is 10.7 Å². The molecule has 1 aliphatic heterocycles. The van der Waals surface area contributed by atoms with Crippen LogP contribution < -0.4 is 5.73 Å². The molecule has 162 valence electrons. The van der Waals surface area contributed by atoms with Crippen LogP contribution in [0.5, 0.6) is 0 Å². The van der Waals surface area contributed by atoms with E-state index in [-0.39, 0.29) is 18.7 Å². The molecule has 0 unspecified atom stereocenters. The van der Waals surface area contributed by atoms with Gasteiger partial charge in [-0.05, 0) is 25.2 Å². The Morgan fingerprint density at radius 2 is 2.00 bits per heavy atom. The van der Waals surface area contributed by atoms with Crippen LogP contribution in [0.3, 0.4) is 0 Å². The van der Waals surface area contributed by atoms with Crippen LogP contribution in [0.4, 0.5) is 8.78 Å². The number of alkyl halides is 2. The summed E-state index contributed by atoms with van der Waals surface area (Å²) in [4.78, 5) is 24.9. The number of carbonyl (C=O) groups excluding carboxylic acids is 1. The summed E-state index contributed by atoms with van der Waals surface area (Å²) >= 11 is 0. The number of likely N-dealkylation sites (tertiary alicyclic amines) is 1. The Bertz CT molecular complexity index is 1100. The second-order valence-electron chi connectivity index (χ2n) is 7.22. The Morgan fingerprint density at radius 1 is 1.26 bits per heavy atom. The molecule has 0 saturated carbocycles. The first-order valence-electron chi connectivity index (χ1n) is 9.59. The number of amidine groups is 1. The van der Waals surface area contributed by atoms with Gasteiger partial charge >= 0.3 is 0 Å². The molecule has 0 bridgehead atoms. The Kier molecular flexibility index (Phi) is 6.81. The van der Waals surface area contributed by atoms with Gasteiger partial charge in [-0.1, -0.05) is 0 Å². The van der Waals surface area contributed by atoms with E-state index in [1.807, 2.05) is 34.8 Å². The van der Waals surface area contributed by atoms with E-state index in [1.54, 1.807) is 18.5 Å². The maximum absolute atomic E-state index is 12.4. The molecule has 1 aliphatic rings. The first kappa shape index (κ1) is 22.2. The number of nitrogens with one attached hydrogen (secondary N) is 1. The Morgan fingerprint density at radius 3 is 2.65 bits per heavy atom. The molecule has 10 heteroatoms. The lowest BCUT2D eigenvalue weighted by Crippen LogP contribution is -2.36. The average Bonchev–Trinajstić information content (AvgIpc) is 3.20. The molecule has 0 atom stereocenters. The lowest BCUT2D eigenvalue weighted by atomic mass is 10.1. The SMILES string of the molecule is CN1CCC(F)(F)CC1.N=CN=C(N)c1cncc(-n2ccc3cc(C=O)cnc32)c1. The quantitative estimate of drug-likeness (QED) is 0.378. The standard InChI is InChI=1S/C15H12N6O.C6H11F2N/c16-9-20-14(17)12-4-13(7-18-6-12)21-2-1-11-3-10(8-22)5-19-15(11)21;1-9-4-2-6(7,8)3-5-9/h1-9H,(H3,16,17,20);2-5H2,1H3. The summed E-state index contributed by atoms with van der Waals surface area (Å²) in [7, 11) is 1.87. The highest BCUT2D eigenvalue weighted by Gasteiger charge is 2.32. The fourth-order valence-corrected chi connectivity index (χ4v) is 3.10. The molecule has 0 aromatic carbocycles. The number of carbonyl (C=O) groups is 1. The van der Waals surface area contributed by atoms with E-state index in [4.69, 9.17) is 11.1 Å². The fourth-order valence-electron chi connectivity index (χ4n) is 3.10. The van der Waals surface area contributed by atoms with Crippen molar-refractivity contribution in [3.63, 3.8) is 0 Å². The first-order chi connectivity index (χ1) is 14.8. The zero-order valence-corrected chi connectivity index (χ0v) is 17.0. The van der Waals surface area contributed by atoms with E-state index >= 15 is 0 Å². The van der Waals surface area contributed by atoms with E-state index in [1.165, 1.54) is 6.20 Å². The molecule has 3 N–H and O–H groups in total. The summed E-state index contributed by atoms with van der Waals surface area (Å²) in [6.45, 7) is 1.07. The Hall–Kier alpha value is -3.53. The van der Waals surface area contributed by atoms with Crippen LogP contribution in [0.25, 0.3) is 16.7 Å². The molecule has 0 aliphatic carbocycles. The number of pyridine rings is 2. The van der Waals surface area contributed by atoms with Gasteiger partial charge in [-0.2, -0.15) is 0 Å². The second kappa shape index (κ2) is 9.52. The largest absolute Gasteiger partial charge is 0.383 e. The smallest absolute Gasteiger partial charge is 0.250 e. The molecule has 31 heavy (non-hydrogen) atoms. The van der Waals surface area contributed by atoms with Gasteiger partial charge in [-0.3, -0.25) is 19.8 Å². The second-order valence-corrected chi connectivity index (χ2v) is 7.22.